The summed E-state index contributed by atoms with van der Waals surface area (Å²) in [5.41, 5.74) is 5.35. The highest BCUT2D eigenvalue weighted by atomic mass is 16.5. The second-order valence-electron chi connectivity index (χ2n) is 4.97. The smallest absolute Gasteiger partial charge is 0.226 e. The van der Waals surface area contributed by atoms with E-state index < -0.39 is 0 Å². The van der Waals surface area contributed by atoms with Gasteiger partial charge in [0, 0.05) is 12.5 Å². The Morgan fingerprint density at radius 3 is 2.62 bits per heavy atom. The summed E-state index contributed by atoms with van der Waals surface area (Å²) in [5, 5.41) is 3.06. The molecule has 1 rings (SSSR count). The number of carbonyl (C=O) groups excluding carboxylic acids is 1. The number of nitrogens with two attached hydrogens (primary N) is 1. The maximum atomic E-state index is 12.1. The van der Waals surface area contributed by atoms with Crippen LogP contribution in [0.4, 0.5) is 0 Å². The van der Waals surface area contributed by atoms with Crippen LogP contribution in [0.25, 0.3) is 0 Å². The third-order valence-corrected chi connectivity index (χ3v) is 3.47. The van der Waals surface area contributed by atoms with E-state index in [1.807, 2.05) is 0 Å². The molecule has 0 bridgehead atoms. The number of methoxy groups -OCH3 is 1. The van der Waals surface area contributed by atoms with Crippen molar-refractivity contribution in [1.82, 2.24) is 5.32 Å². The summed E-state index contributed by atoms with van der Waals surface area (Å²) < 4.78 is 5.08. The Hall–Kier alpha value is -0.610. The molecule has 3 N–H and O–H groups in total. The predicted molar refractivity (Wildman–Crippen MR) is 64.1 cm³/mol. The zero-order chi connectivity index (χ0) is 12.0. The first kappa shape index (κ1) is 13.5. The van der Waals surface area contributed by atoms with E-state index in [9.17, 15) is 4.79 Å². The Labute approximate surface area is 97.9 Å². The lowest BCUT2D eigenvalue weighted by molar-refractivity contribution is -0.131. The molecule has 1 atom stereocenters. The van der Waals surface area contributed by atoms with Gasteiger partial charge in [0.1, 0.15) is 0 Å². The van der Waals surface area contributed by atoms with Crippen molar-refractivity contribution in [2.45, 2.75) is 45.1 Å². The molecule has 0 spiro atoms. The van der Waals surface area contributed by atoms with Crippen LogP contribution < -0.4 is 11.1 Å². The maximum Gasteiger partial charge on any atom is 0.226 e. The lowest BCUT2D eigenvalue weighted by Gasteiger charge is -2.26. The Morgan fingerprint density at radius 2 is 2.12 bits per heavy atom. The number of carbonyl (C=O) groups is 1. The lowest BCUT2D eigenvalue weighted by Crippen LogP contribution is -2.45. The molecular weight excluding hydrogens is 204 g/mol. The van der Waals surface area contributed by atoms with E-state index in [0.29, 0.717) is 13.2 Å². The summed E-state index contributed by atoms with van der Waals surface area (Å²) in [7, 11) is 1.65. The van der Waals surface area contributed by atoms with Crippen molar-refractivity contribution in [2.24, 2.45) is 11.1 Å². The van der Waals surface area contributed by atoms with Crippen molar-refractivity contribution < 1.29 is 9.53 Å². The van der Waals surface area contributed by atoms with Gasteiger partial charge in [-0.05, 0) is 25.8 Å². The molecule has 0 aliphatic heterocycles. The first-order chi connectivity index (χ1) is 7.62. The van der Waals surface area contributed by atoms with Gasteiger partial charge in [-0.1, -0.05) is 19.8 Å². The third-order valence-electron chi connectivity index (χ3n) is 3.47. The van der Waals surface area contributed by atoms with E-state index in [-0.39, 0.29) is 17.4 Å². The molecule has 0 radical (unpaired) electrons. The van der Waals surface area contributed by atoms with Crippen LogP contribution in [0, 0.1) is 5.41 Å². The molecule has 1 saturated carbocycles. The highest BCUT2D eigenvalue weighted by molar-refractivity contribution is 5.82. The summed E-state index contributed by atoms with van der Waals surface area (Å²) in [6.07, 6.45) is 5.10. The van der Waals surface area contributed by atoms with Crippen LogP contribution in [-0.2, 0) is 9.53 Å². The topological polar surface area (TPSA) is 64.3 Å². The van der Waals surface area contributed by atoms with Crippen molar-refractivity contribution >= 4 is 5.91 Å². The van der Waals surface area contributed by atoms with Crippen LogP contribution in [0.1, 0.15) is 39.0 Å². The van der Waals surface area contributed by atoms with Crippen LogP contribution in [0.5, 0.6) is 0 Å². The second kappa shape index (κ2) is 6.21. The normalized spacial score (nSPS) is 20.7. The fourth-order valence-corrected chi connectivity index (χ4v) is 2.34. The number of rotatable bonds is 6. The zero-order valence-electron chi connectivity index (χ0n) is 10.4. The molecule has 0 saturated heterocycles. The van der Waals surface area contributed by atoms with Gasteiger partial charge in [0.2, 0.25) is 5.91 Å². The third kappa shape index (κ3) is 3.46. The minimum atomic E-state index is -0.166. The predicted octanol–water partition coefficient (Wildman–Crippen LogP) is 1.05. The Balaban J connectivity index is 2.46. The summed E-state index contributed by atoms with van der Waals surface area (Å²) in [6, 6.07) is 0.0555. The molecule has 0 heterocycles. The van der Waals surface area contributed by atoms with Gasteiger partial charge in [-0.3, -0.25) is 4.79 Å². The van der Waals surface area contributed by atoms with Crippen LogP contribution in [-0.4, -0.2) is 32.2 Å². The summed E-state index contributed by atoms with van der Waals surface area (Å²) >= 11 is 0. The van der Waals surface area contributed by atoms with Crippen molar-refractivity contribution in [3.8, 4) is 0 Å². The first-order valence-electron chi connectivity index (χ1n) is 6.12. The molecule has 4 nitrogen and oxygen atoms in total. The molecule has 1 fully saturated rings. The second-order valence-corrected chi connectivity index (χ2v) is 4.97. The molecule has 16 heavy (non-hydrogen) atoms. The number of nitrogens with one attached hydrogen (secondary N) is 1. The minimum Gasteiger partial charge on any atom is -0.383 e. The summed E-state index contributed by atoms with van der Waals surface area (Å²) in [6.45, 7) is 3.17. The van der Waals surface area contributed by atoms with E-state index in [1.54, 1.807) is 7.11 Å². The monoisotopic (exact) mass is 228 g/mol. The Bertz CT molecular complexity index is 219. The fraction of sp³-hybridized carbons (Fsp3) is 0.917. The Morgan fingerprint density at radius 1 is 1.50 bits per heavy atom. The van der Waals surface area contributed by atoms with Gasteiger partial charge in [-0.15, -0.1) is 0 Å². The van der Waals surface area contributed by atoms with Gasteiger partial charge >= 0.3 is 0 Å². The average Bonchev–Trinajstić information content (AvgIpc) is 2.67. The van der Waals surface area contributed by atoms with Gasteiger partial charge < -0.3 is 15.8 Å². The molecule has 1 aliphatic rings. The number of hydrogen-bond donors (Lipinski definition) is 2. The molecule has 94 valence electrons. The van der Waals surface area contributed by atoms with Crippen LogP contribution >= 0.6 is 0 Å². The average molecular weight is 228 g/mol. The van der Waals surface area contributed by atoms with Crippen molar-refractivity contribution in [3.63, 3.8) is 0 Å². The van der Waals surface area contributed by atoms with E-state index >= 15 is 0 Å². The quantitative estimate of drug-likeness (QED) is 0.714. The van der Waals surface area contributed by atoms with Crippen LogP contribution in [0.3, 0.4) is 0 Å². The molecule has 1 aliphatic carbocycles. The summed E-state index contributed by atoms with van der Waals surface area (Å²) in [5.74, 6) is 0.167. The van der Waals surface area contributed by atoms with Gasteiger partial charge in [0.15, 0.2) is 0 Å². The van der Waals surface area contributed by atoms with Crippen LogP contribution in [0.2, 0.25) is 0 Å². The Kier molecular flexibility index (Phi) is 5.22. The minimum absolute atomic E-state index is 0.0555. The first-order valence-corrected chi connectivity index (χ1v) is 6.12. The van der Waals surface area contributed by atoms with Crippen LogP contribution in [0.15, 0.2) is 0 Å². The fourth-order valence-electron chi connectivity index (χ4n) is 2.34. The van der Waals surface area contributed by atoms with E-state index in [0.717, 1.165) is 32.1 Å². The van der Waals surface area contributed by atoms with Crippen molar-refractivity contribution in [1.29, 1.82) is 0 Å². The zero-order valence-corrected chi connectivity index (χ0v) is 10.4. The molecule has 0 aromatic carbocycles. The number of amides is 1. The van der Waals surface area contributed by atoms with Gasteiger partial charge in [-0.25, -0.2) is 0 Å². The largest absolute Gasteiger partial charge is 0.383 e. The highest BCUT2D eigenvalue weighted by Crippen LogP contribution is 2.37. The molecule has 0 aromatic heterocycles. The summed E-state index contributed by atoms with van der Waals surface area (Å²) in [4.78, 5) is 12.1. The van der Waals surface area contributed by atoms with E-state index in [1.165, 1.54) is 0 Å². The molecule has 1 amide bonds. The van der Waals surface area contributed by atoms with Crippen molar-refractivity contribution in [2.75, 3.05) is 20.3 Å². The van der Waals surface area contributed by atoms with E-state index in [4.69, 9.17) is 10.5 Å². The van der Waals surface area contributed by atoms with Gasteiger partial charge in [0.25, 0.3) is 0 Å². The molecule has 4 heteroatoms. The maximum absolute atomic E-state index is 12.1. The van der Waals surface area contributed by atoms with Gasteiger partial charge in [0.05, 0.1) is 12.6 Å². The SMILES string of the molecule is COCC(CCN)NC(=O)C1(C)CCCC1. The van der Waals surface area contributed by atoms with Gasteiger partial charge in [-0.2, -0.15) is 0 Å². The highest BCUT2D eigenvalue weighted by Gasteiger charge is 2.36. The molecular formula is C12H24N2O2. The van der Waals surface area contributed by atoms with Crippen molar-refractivity contribution in [3.05, 3.63) is 0 Å². The number of hydrogen-bond acceptors (Lipinski definition) is 3. The standard InChI is InChI=1S/C12H24N2O2/c1-12(6-3-4-7-12)11(15)14-10(5-8-13)9-16-2/h10H,3-9,13H2,1-2H3,(H,14,15). The van der Waals surface area contributed by atoms with E-state index in [2.05, 4.69) is 12.2 Å². The lowest BCUT2D eigenvalue weighted by atomic mass is 9.87. The molecule has 0 aromatic rings. The molecule has 1 unspecified atom stereocenters. The number of ether oxygens (including phenoxy) is 1.